The van der Waals surface area contributed by atoms with Crippen LogP contribution in [0.3, 0.4) is 0 Å². The van der Waals surface area contributed by atoms with Crippen LogP contribution in [0, 0.1) is 5.92 Å². The van der Waals surface area contributed by atoms with Crippen molar-refractivity contribution in [1.29, 1.82) is 0 Å². The second-order valence-electron chi connectivity index (χ2n) is 3.40. The number of thioether (sulfide) groups is 1. The van der Waals surface area contributed by atoms with Gasteiger partial charge in [0.05, 0.1) is 0 Å². The van der Waals surface area contributed by atoms with E-state index in [1.54, 1.807) is 0 Å². The van der Waals surface area contributed by atoms with Crippen molar-refractivity contribution in [3.8, 4) is 0 Å². The van der Waals surface area contributed by atoms with Crippen LogP contribution in [0.25, 0.3) is 0 Å². The molecule has 1 rings (SSSR count). The molecular formula is C8H12F3NO2S. The number of alkyl halides is 3. The third-order valence-electron chi connectivity index (χ3n) is 2.09. The minimum Gasteiger partial charge on any atom is -0.480 e. The van der Waals surface area contributed by atoms with Crippen molar-refractivity contribution in [1.82, 2.24) is 5.32 Å². The molecule has 3 nitrogen and oxygen atoms in total. The molecule has 0 saturated heterocycles. The molecule has 0 radical (unpaired) electrons. The van der Waals surface area contributed by atoms with Crippen molar-refractivity contribution >= 4 is 17.7 Å². The summed E-state index contributed by atoms with van der Waals surface area (Å²) in [6, 6.07) is -0.682. The zero-order valence-electron chi connectivity index (χ0n) is 7.88. The summed E-state index contributed by atoms with van der Waals surface area (Å²) in [5.41, 5.74) is -4.24. The van der Waals surface area contributed by atoms with Crippen molar-refractivity contribution in [3.05, 3.63) is 0 Å². The maximum Gasteiger partial charge on any atom is 0.441 e. The average molecular weight is 243 g/mol. The average Bonchev–Trinajstić information content (AvgIpc) is 2.84. The first-order valence-electron chi connectivity index (χ1n) is 4.57. The van der Waals surface area contributed by atoms with E-state index in [1.807, 2.05) is 0 Å². The van der Waals surface area contributed by atoms with E-state index in [-0.39, 0.29) is 30.0 Å². The Hall–Kier alpha value is -0.430. The number of carboxylic acid groups (broad SMARTS) is 1. The van der Waals surface area contributed by atoms with E-state index in [0.717, 1.165) is 12.8 Å². The van der Waals surface area contributed by atoms with Gasteiger partial charge >= 0.3 is 11.5 Å². The van der Waals surface area contributed by atoms with Crippen LogP contribution < -0.4 is 5.32 Å². The molecule has 1 aliphatic rings. The van der Waals surface area contributed by atoms with Crippen molar-refractivity contribution in [2.45, 2.75) is 24.4 Å². The molecule has 0 aromatic heterocycles. The molecule has 15 heavy (non-hydrogen) atoms. The Kier molecular flexibility index (Phi) is 4.27. The minimum absolute atomic E-state index is 0.0671. The second-order valence-corrected chi connectivity index (χ2v) is 4.56. The van der Waals surface area contributed by atoms with E-state index in [4.69, 9.17) is 5.11 Å². The van der Waals surface area contributed by atoms with Crippen molar-refractivity contribution < 1.29 is 23.1 Å². The monoisotopic (exact) mass is 243 g/mol. The van der Waals surface area contributed by atoms with Gasteiger partial charge in [-0.25, -0.2) is 0 Å². The zero-order valence-corrected chi connectivity index (χ0v) is 8.70. The molecule has 2 N–H and O–H groups in total. The van der Waals surface area contributed by atoms with Gasteiger partial charge in [0.15, 0.2) is 0 Å². The molecule has 0 heterocycles. The Morgan fingerprint density at radius 2 is 2.13 bits per heavy atom. The van der Waals surface area contributed by atoms with Gasteiger partial charge in [-0.2, -0.15) is 13.2 Å². The molecule has 1 atom stereocenters. The molecule has 1 saturated carbocycles. The molecule has 0 aromatic carbocycles. The van der Waals surface area contributed by atoms with Gasteiger partial charge in [0, 0.05) is 12.3 Å². The highest BCUT2D eigenvalue weighted by atomic mass is 32.2. The smallest absolute Gasteiger partial charge is 0.441 e. The summed E-state index contributed by atoms with van der Waals surface area (Å²) < 4.78 is 35.2. The van der Waals surface area contributed by atoms with Crippen molar-refractivity contribution in [2.24, 2.45) is 5.92 Å². The first-order chi connectivity index (χ1) is 6.90. The van der Waals surface area contributed by atoms with Crippen LogP contribution in [0.4, 0.5) is 13.2 Å². The summed E-state index contributed by atoms with van der Waals surface area (Å²) in [6.07, 6.45) is 1.69. The highest BCUT2D eigenvalue weighted by molar-refractivity contribution is 8.00. The van der Waals surface area contributed by atoms with Crippen LogP contribution in [-0.2, 0) is 4.79 Å². The fraction of sp³-hybridized carbons (Fsp3) is 0.875. The van der Waals surface area contributed by atoms with Crippen LogP contribution in [0.2, 0.25) is 0 Å². The fourth-order valence-electron chi connectivity index (χ4n) is 1.27. The van der Waals surface area contributed by atoms with Gasteiger partial charge in [0.2, 0.25) is 0 Å². The van der Waals surface area contributed by atoms with Gasteiger partial charge < -0.3 is 10.4 Å². The molecule has 1 fully saturated rings. The molecule has 1 aliphatic carbocycles. The van der Waals surface area contributed by atoms with E-state index in [9.17, 15) is 18.0 Å². The Bertz CT molecular complexity index is 230. The minimum atomic E-state index is -4.24. The number of carboxylic acids is 1. The predicted molar refractivity (Wildman–Crippen MR) is 50.7 cm³/mol. The molecule has 88 valence electrons. The molecule has 0 aromatic rings. The summed E-state index contributed by atoms with van der Waals surface area (Å²) in [5, 5.41) is 11.4. The normalized spacial score (nSPS) is 18.9. The number of hydrogen-bond acceptors (Lipinski definition) is 3. The van der Waals surface area contributed by atoms with Crippen molar-refractivity contribution in [3.63, 3.8) is 0 Å². The largest absolute Gasteiger partial charge is 0.480 e. The molecule has 7 heteroatoms. The van der Waals surface area contributed by atoms with E-state index in [0.29, 0.717) is 0 Å². The quantitative estimate of drug-likeness (QED) is 0.697. The lowest BCUT2D eigenvalue weighted by Gasteiger charge is -2.13. The Morgan fingerprint density at radius 3 is 2.53 bits per heavy atom. The van der Waals surface area contributed by atoms with Crippen molar-refractivity contribution in [2.75, 3.05) is 12.3 Å². The maximum absolute atomic E-state index is 11.7. The van der Waals surface area contributed by atoms with Gasteiger partial charge in [-0.05, 0) is 30.5 Å². The number of aliphatic carboxylic acids is 1. The lowest BCUT2D eigenvalue weighted by Crippen LogP contribution is -2.39. The lowest BCUT2D eigenvalue weighted by molar-refractivity contribution is -0.140. The second kappa shape index (κ2) is 5.07. The highest BCUT2D eigenvalue weighted by Gasteiger charge is 2.36. The Labute approximate surface area is 89.4 Å². The summed E-state index contributed by atoms with van der Waals surface area (Å²) >= 11 is -0.136. The first kappa shape index (κ1) is 12.6. The maximum atomic E-state index is 11.7. The first-order valence-corrected chi connectivity index (χ1v) is 5.55. The molecular weight excluding hydrogens is 231 g/mol. The Balaban J connectivity index is 2.15. The van der Waals surface area contributed by atoms with E-state index >= 15 is 0 Å². The van der Waals surface area contributed by atoms with Crippen LogP contribution >= 0.6 is 11.8 Å². The van der Waals surface area contributed by atoms with Gasteiger partial charge in [0.25, 0.3) is 0 Å². The van der Waals surface area contributed by atoms with Crippen LogP contribution in [0.15, 0.2) is 0 Å². The lowest BCUT2D eigenvalue weighted by atomic mass is 10.2. The van der Waals surface area contributed by atoms with Gasteiger partial charge in [-0.15, -0.1) is 0 Å². The summed E-state index contributed by atoms with van der Waals surface area (Å²) in [6.45, 7) is 0.0671. The zero-order chi connectivity index (χ0) is 11.5. The number of rotatable bonds is 6. The molecule has 0 amide bonds. The summed E-state index contributed by atoms with van der Waals surface area (Å²) in [7, 11) is 0. The number of hydrogen-bond donors (Lipinski definition) is 2. The third-order valence-corrected chi connectivity index (χ3v) is 2.83. The topological polar surface area (TPSA) is 49.3 Å². The van der Waals surface area contributed by atoms with Gasteiger partial charge in [-0.1, -0.05) is 0 Å². The van der Waals surface area contributed by atoms with Crippen LogP contribution in [0.1, 0.15) is 12.8 Å². The molecule has 1 unspecified atom stereocenters. The van der Waals surface area contributed by atoms with E-state index < -0.39 is 17.5 Å². The van der Waals surface area contributed by atoms with Crippen LogP contribution in [0.5, 0.6) is 0 Å². The molecule has 0 aliphatic heterocycles. The third kappa shape index (κ3) is 5.27. The highest BCUT2D eigenvalue weighted by Crippen LogP contribution is 2.33. The SMILES string of the molecule is O=C(O)C(NCCSC(F)(F)F)C1CC1. The Morgan fingerprint density at radius 1 is 1.53 bits per heavy atom. The van der Waals surface area contributed by atoms with Crippen LogP contribution in [-0.4, -0.2) is 34.9 Å². The summed E-state index contributed by atoms with van der Waals surface area (Å²) in [5.74, 6) is -1.03. The van der Waals surface area contributed by atoms with E-state index in [1.165, 1.54) is 0 Å². The number of nitrogens with one attached hydrogen (secondary N) is 1. The standard InChI is InChI=1S/C8H12F3NO2S/c9-8(10,11)15-4-3-12-6(7(13)14)5-1-2-5/h5-6,12H,1-4H2,(H,13,14). The van der Waals surface area contributed by atoms with Gasteiger partial charge in [0.1, 0.15) is 6.04 Å². The fourth-order valence-corrected chi connectivity index (χ4v) is 1.72. The number of halogens is 3. The molecule has 0 spiro atoms. The number of carbonyl (C=O) groups is 1. The summed E-state index contributed by atoms with van der Waals surface area (Å²) in [4.78, 5) is 10.7. The molecule has 0 bridgehead atoms. The van der Waals surface area contributed by atoms with Gasteiger partial charge in [-0.3, -0.25) is 4.79 Å². The predicted octanol–water partition coefficient (Wildman–Crippen LogP) is 1.69. The van der Waals surface area contributed by atoms with E-state index in [2.05, 4.69) is 5.32 Å².